The number of amides is 2. The third-order valence-corrected chi connectivity index (χ3v) is 6.38. The van der Waals surface area contributed by atoms with Crippen LogP contribution in [-0.2, 0) is 22.5 Å². The number of carbonyl (C=O) groups is 3. The summed E-state index contributed by atoms with van der Waals surface area (Å²) in [6.07, 6.45) is 6.38. The quantitative estimate of drug-likeness (QED) is 0.745. The van der Waals surface area contributed by atoms with Gasteiger partial charge in [0.2, 0.25) is 5.91 Å². The molecular weight excluding hydrogens is 396 g/mol. The van der Waals surface area contributed by atoms with Gasteiger partial charge in [0.1, 0.15) is 11.2 Å². The molecule has 1 fully saturated rings. The van der Waals surface area contributed by atoms with E-state index in [0.29, 0.717) is 5.69 Å². The van der Waals surface area contributed by atoms with Crippen molar-refractivity contribution in [3.8, 4) is 0 Å². The van der Waals surface area contributed by atoms with Crippen molar-refractivity contribution in [1.82, 2.24) is 14.9 Å². The van der Waals surface area contributed by atoms with Gasteiger partial charge in [-0.1, -0.05) is 31.9 Å². The van der Waals surface area contributed by atoms with Gasteiger partial charge in [-0.25, -0.2) is 9.78 Å². The Bertz CT molecular complexity index is 1010. The molecule has 1 saturated carbocycles. The zero-order valence-corrected chi connectivity index (χ0v) is 18.2. The molecule has 164 valence electrons. The topological polar surface area (TPSA) is 93.5 Å². The van der Waals surface area contributed by atoms with Gasteiger partial charge in [-0.15, -0.1) is 0 Å². The fourth-order valence-corrected chi connectivity index (χ4v) is 4.57. The molecule has 1 aromatic heterocycles. The molecule has 1 aliphatic carbocycles. The highest BCUT2D eigenvalue weighted by Crippen LogP contribution is 2.34. The number of aryl methyl sites for hydroxylation is 1. The largest absolute Gasteiger partial charge is 0.464 e. The lowest BCUT2D eigenvalue weighted by Gasteiger charge is -2.44. The van der Waals surface area contributed by atoms with Crippen molar-refractivity contribution in [2.45, 2.75) is 64.1 Å². The van der Waals surface area contributed by atoms with E-state index < -0.39 is 17.4 Å². The van der Waals surface area contributed by atoms with Crippen LogP contribution < -0.4 is 10.2 Å². The van der Waals surface area contributed by atoms with Crippen molar-refractivity contribution >= 4 is 23.5 Å². The number of esters is 1. The van der Waals surface area contributed by atoms with Crippen molar-refractivity contribution in [2.75, 3.05) is 12.0 Å². The molecule has 0 unspecified atom stereocenters. The Morgan fingerprint density at radius 2 is 1.90 bits per heavy atom. The zero-order valence-electron chi connectivity index (χ0n) is 18.2. The molecule has 0 radical (unpaired) electrons. The lowest BCUT2D eigenvalue weighted by molar-refractivity contribution is -0.127. The van der Waals surface area contributed by atoms with Crippen LogP contribution in [0.4, 0.5) is 5.69 Å². The van der Waals surface area contributed by atoms with Crippen LogP contribution in [0.25, 0.3) is 0 Å². The molecule has 4 rings (SSSR count). The number of nitrogens with zero attached hydrogens (tertiary/aromatic N) is 3. The minimum absolute atomic E-state index is 0.0408. The molecule has 0 spiro atoms. The second kappa shape index (κ2) is 8.17. The van der Waals surface area contributed by atoms with Crippen LogP contribution in [-0.4, -0.2) is 46.0 Å². The number of rotatable bonds is 5. The van der Waals surface area contributed by atoms with Crippen LogP contribution in [0, 0.1) is 0 Å². The van der Waals surface area contributed by atoms with Crippen LogP contribution in [0.1, 0.15) is 66.1 Å². The number of ether oxygens (including phenoxy) is 1. The van der Waals surface area contributed by atoms with E-state index in [1.807, 2.05) is 24.3 Å². The summed E-state index contributed by atoms with van der Waals surface area (Å²) in [6, 6.07) is 7.72. The molecule has 1 N–H and O–H groups in total. The molecule has 31 heavy (non-hydrogen) atoms. The zero-order chi connectivity index (χ0) is 22.2. The highest BCUT2D eigenvalue weighted by atomic mass is 16.5. The molecule has 1 aliphatic heterocycles. The minimum Gasteiger partial charge on any atom is -0.464 e. The fourth-order valence-electron chi connectivity index (χ4n) is 4.57. The van der Waals surface area contributed by atoms with Gasteiger partial charge in [-0.05, 0) is 43.9 Å². The summed E-state index contributed by atoms with van der Waals surface area (Å²) in [6.45, 7) is 4.01. The molecule has 0 bridgehead atoms. The summed E-state index contributed by atoms with van der Waals surface area (Å²) in [5, 5.41) is 3.15. The first kappa shape index (κ1) is 21.1. The van der Waals surface area contributed by atoms with E-state index in [1.54, 1.807) is 11.5 Å². The fraction of sp³-hybridized carbons (Fsp3) is 0.478. The van der Waals surface area contributed by atoms with Gasteiger partial charge in [-0.2, -0.15) is 0 Å². The molecule has 2 aliphatic rings. The number of fused-ring (bicyclic) bond motifs is 1. The highest BCUT2D eigenvalue weighted by Gasteiger charge is 2.50. The van der Waals surface area contributed by atoms with Crippen molar-refractivity contribution in [1.29, 1.82) is 0 Å². The molecule has 0 saturated heterocycles. The average molecular weight is 425 g/mol. The van der Waals surface area contributed by atoms with E-state index in [2.05, 4.69) is 17.2 Å². The predicted molar refractivity (Wildman–Crippen MR) is 115 cm³/mol. The molecule has 1 atom stereocenters. The normalized spacial score (nSPS) is 21.1. The van der Waals surface area contributed by atoms with Crippen LogP contribution in [0.15, 0.2) is 30.6 Å². The molecule has 8 nitrogen and oxygen atoms in total. The third kappa shape index (κ3) is 3.60. The molecule has 2 aromatic rings. The SMILES string of the molecule is CCc1ccc(N2C(=O)c3c(C(=O)OC)ncn3C[C@@]2(C)C(=O)NC2CCCC2)cc1. The van der Waals surface area contributed by atoms with Gasteiger partial charge in [-0.3, -0.25) is 14.5 Å². The van der Waals surface area contributed by atoms with Crippen molar-refractivity contribution in [3.05, 3.63) is 47.5 Å². The number of imidazole rings is 1. The maximum absolute atomic E-state index is 13.7. The third-order valence-electron chi connectivity index (χ3n) is 6.38. The Hall–Kier alpha value is -3.16. The standard InChI is InChI=1S/C23H28N4O4/c1-4-15-9-11-17(12-10-15)27-20(28)19-18(21(29)31-3)24-14-26(19)13-23(27,2)22(30)25-16-7-5-6-8-16/h9-12,14,16H,4-8,13H2,1-3H3,(H,25,30)/t23-/m0/s1. The Labute approximate surface area is 181 Å². The maximum Gasteiger partial charge on any atom is 0.359 e. The summed E-state index contributed by atoms with van der Waals surface area (Å²) in [7, 11) is 1.25. The van der Waals surface area contributed by atoms with Gasteiger partial charge in [0.15, 0.2) is 5.69 Å². The maximum atomic E-state index is 13.7. The molecule has 8 heteroatoms. The Morgan fingerprint density at radius 3 is 2.52 bits per heavy atom. The van der Waals surface area contributed by atoms with Crippen LogP contribution in [0.2, 0.25) is 0 Å². The van der Waals surface area contributed by atoms with Crippen LogP contribution >= 0.6 is 0 Å². The average Bonchev–Trinajstić information content (AvgIpc) is 3.43. The first-order valence-corrected chi connectivity index (χ1v) is 10.8. The van der Waals surface area contributed by atoms with Gasteiger partial charge in [0, 0.05) is 11.7 Å². The molecule has 2 heterocycles. The van der Waals surface area contributed by atoms with Crippen LogP contribution in [0.5, 0.6) is 0 Å². The van der Waals surface area contributed by atoms with Gasteiger partial charge in [0.05, 0.1) is 20.0 Å². The Balaban J connectivity index is 1.79. The second-order valence-corrected chi connectivity index (χ2v) is 8.45. The lowest BCUT2D eigenvalue weighted by atomic mass is 9.92. The molecular formula is C23H28N4O4. The smallest absolute Gasteiger partial charge is 0.359 e. The molecule has 1 aromatic carbocycles. The first-order chi connectivity index (χ1) is 14.9. The van der Waals surface area contributed by atoms with Gasteiger partial charge >= 0.3 is 5.97 Å². The van der Waals surface area contributed by atoms with Crippen molar-refractivity contribution in [2.24, 2.45) is 0 Å². The summed E-state index contributed by atoms with van der Waals surface area (Å²) in [5.74, 6) is -1.33. The van der Waals surface area contributed by atoms with Gasteiger partial charge < -0.3 is 14.6 Å². The van der Waals surface area contributed by atoms with E-state index >= 15 is 0 Å². The van der Waals surface area contributed by atoms with Gasteiger partial charge in [0.25, 0.3) is 5.91 Å². The summed E-state index contributed by atoms with van der Waals surface area (Å²) in [5.41, 5.74) is 0.660. The van der Waals surface area contributed by atoms with Crippen molar-refractivity contribution < 1.29 is 19.1 Å². The monoisotopic (exact) mass is 424 g/mol. The number of methoxy groups -OCH3 is 1. The number of hydrogen-bond acceptors (Lipinski definition) is 5. The number of hydrogen-bond donors (Lipinski definition) is 1. The van der Waals surface area contributed by atoms with Crippen molar-refractivity contribution in [3.63, 3.8) is 0 Å². The van der Waals surface area contributed by atoms with E-state index in [9.17, 15) is 14.4 Å². The molecule has 2 amide bonds. The number of carbonyl (C=O) groups excluding carboxylic acids is 3. The lowest BCUT2D eigenvalue weighted by Crippen LogP contribution is -2.65. The number of aromatic nitrogens is 2. The van der Waals surface area contributed by atoms with Crippen LogP contribution in [0.3, 0.4) is 0 Å². The summed E-state index contributed by atoms with van der Waals surface area (Å²) < 4.78 is 6.39. The minimum atomic E-state index is -1.17. The first-order valence-electron chi connectivity index (χ1n) is 10.8. The van der Waals surface area contributed by atoms with E-state index in [0.717, 1.165) is 37.7 Å². The summed E-state index contributed by atoms with van der Waals surface area (Å²) in [4.78, 5) is 45.0. The number of nitrogens with one attached hydrogen (secondary N) is 1. The number of benzene rings is 1. The Kier molecular flexibility index (Phi) is 5.56. The Morgan fingerprint density at radius 1 is 1.23 bits per heavy atom. The predicted octanol–water partition coefficient (Wildman–Crippen LogP) is 2.71. The number of anilines is 1. The van der Waals surface area contributed by atoms with E-state index in [-0.39, 0.29) is 29.9 Å². The van der Waals surface area contributed by atoms with E-state index in [1.165, 1.54) is 18.3 Å². The highest BCUT2D eigenvalue weighted by molar-refractivity contribution is 6.15. The second-order valence-electron chi connectivity index (χ2n) is 8.45. The van der Waals surface area contributed by atoms with E-state index in [4.69, 9.17) is 4.74 Å². The summed E-state index contributed by atoms with van der Waals surface area (Å²) >= 11 is 0.